The average molecular weight is 1030 g/mol. The van der Waals surface area contributed by atoms with Crippen LogP contribution in [-0.2, 0) is 31.9 Å². The first kappa shape index (κ1) is 44.7. The summed E-state index contributed by atoms with van der Waals surface area (Å²) in [5, 5.41) is 5.98. The van der Waals surface area contributed by atoms with Crippen LogP contribution in [0.25, 0.3) is 83.2 Å². The van der Waals surface area contributed by atoms with Crippen LogP contribution in [-0.4, -0.2) is 22.6 Å². The van der Waals surface area contributed by atoms with E-state index in [-0.39, 0.29) is 30.9 Å². The Morgan fingerprint density at radius 2 is 1.36 bits per heavy atom. The summed E-state index contributed by atoms with van der Waals surface area (Å²) in [5.74, 6) is 0.810. The largest absolute Gasteiger partial charge is 0.501 e. The monoisotopic (exact) mass is 1030 g/mol. The molecule has 0 fully saturated rings. The number of para-hydroxylation sites is 3. The van der Waals surface area contributed by atoms with E-state index in [1.807, 2.05) is 36.4 Å². The number of fused-ring (bicyclic) bond motifs is 5. The number of nitrogens with zero attached hydrogens (tertiary/aromatic N) is 3. The molecule has 3 heterocycles. The van der Waals surface area contributed by atoms with Crippen molar-refractivity contribution in [2.75, 3.05) is 0 Å². The first-order valence-electron chi connectivity index (χ1n) is 22.0. The molecule has 323 valence electrons. The van der Waals surface area contributed by atoms with Gasteiger partial charge in [-0.3, -0.25) is 4.98 Å². The van der Waals surface area contributed by atoms with Crippen molar-refractivity contribution in [3.63, 3.8) is 0 Å². The molecule has 10 aromatic rings. The zero-order chi connectivity index (χ0) is 44.1. The maximum absolute atomic E-state index is 6.44. The van der Waals surface area contributed by atoms with Crippen LogP contribution < -0.4 is 5.19 Å². The Morgan fingerprint density at radius 1 is 0.672 bits per heavy atom. The van der Waals surface area contributed by atoms with E-state index in [9.17, 15) is 0 Å². The molecule has 1 radical (unpaired) electrons. The maximum atomic E-state index is 6.44. The van der Waals surface area contributed by atoms with Crippen LogP contribution in [0, 0.1) is 17.5 Å². The molecule has 0 saturated carbocycles. The second-order valence-electron chi connectivity index (χ2n) is 20.0. The molecule has 0 unspecified atom stereocenters. The normalized spacial score (nSPS) is 12.1. The van der Waals surface area contributed by atoms with Crippen molar-refractivity contribution >= 4 is 57.0 Å². The third kappa shape index (κ3) is 8.93. The van der Waals surface area contributed by atoms with E-state index in [0.29, 0.717) is 0 Å². The van der Waals surface area contributed by atoms with E-state index in [4.69, 9.17) is 14.4 Å². The summed E-state index contributed by atoms with van der Waals surface area (Å²) in [6.07, 6.45) is 3.22. The predicted octanol–water partition coefficient (Wildman–Crippen LogP) is 15.2. The standard InChI is InChI=1S/C35H21N2O.C23H34NSi.Ir/c1-2-11-23(12-3-1)26-22-21-24-13-4-5-14-25(24)33(26)37-31-19-8-7-18-30(31)36-35(37)29-17-10-16-28-27-15-6-9-20-32(27)38-34(28)29;1-22(2,3)15-18-14-20(24-16-21(18)25(7,8)9)17-11-10-12-19(13-17)23(4,5)6;/h1-16,18-22H;10,12-14,16H,15H2,1-9H3;/q2*-1;. The van der Waals surface area contributed by atoms with E-state index in [1.165, 1.54) is 21.7 Å². The Balaban J connectivity index is 0.000000189. The van der Waals surface area contributed by atoms with Crippen molar-refractivity contribution < 1.29 is 24.5 Å². The van der Waals surface area contributed by atoms with Crippen molar-refractivity contribution in [1.82, 2.24) is 14.5 Å². The van der Waals surface area contributed by atoms with Crippen LogP contribution in [0.1, 0.15) is 52.7 Å². The van der Waals surface area contributed by atoms with Crippen molar-refractivity contribution in [3.8, 4) is 39.5 Å². The molecule has 0 saturated heterocycles. The van der Waals surface area contributed by atoms with E-state index in [2.05, 4.69) is 199 Å². The van der Waals surface area contributed by atoms with Crippen molar-refractivity contribution in [2.45, 2.75) is 73.0 Å². The van der Waals surface area contributed by atoms with Gasteiger partial charge in [-0.2, -0.15) is 0 Å². The van der Waals surface area contributed by atoms with Crippen LogP contribution in [0.3, 0.4) is 0 Å². The number of hydrogen-bond donors (Lipinski definition) is 0. The predicted molar refractivity (Wildman–Crippen MR) is 269 cm³/mol. The minimum Gasteiger partial charge on any atom is -0.501 e. The van der Waals surface area contributed by atoms with Gasteiger partial charge in [0.15, 0.2) is 0 Å². The molecule has 0 aliphatic carbocycles. The van der Waals surface area contributed by atoms with Gasteiger partial charge in [-0.1, -0.05) is 181 Å². The summed E-state index contributed by atoms with van der Waals surface area (Å²) < 4.78 is 8.73. The summed E-state index contributed by atoms with van der Waals surface area (Å²) in [6, 6.07) is 59.7. The van der Waals surface area contributed by atoms with E-state index >= 15 is 0 Å². The smallest absolute Gasteiger partial charge is 0.120 e. The second kappa shape index (κ2) is 17.6. The fraction of sp³-hybridized carbons (Fsp3) is 0.207. The molecule has 7 aromatic carbocycles. The van der Waals surface area contributed by atoms with Crippen molar-refractivity contribution in [2.24, 2.45) is 5.41 Å². The maximum Gasteiger partial charge on any atom is 0.120 e. The quantitative estimate of drug-likeness (QED) is 0.123. The fourth-order valence-corrected chi connectivity index (χ4v) is 10.3. The molecular formula is C58H55IrN3OSi-2. The zero-order valence-electron chi connectivity index (χ0n) is 38.3. The summed E-state index contributed by atoms with van der Waals surface area (Å²) in [6.45, 7) is 20.9. The molecule has 6 heteroatoms. The Kier molecular flexibility index (Phi) is 12.3. The molecule has 64 heavy (non-hydrogen) atoms. The van der Waals surface area contributed by atoms with Crippen LogP contribution in [0.4, 0.5) is 0 Å². The third-order valence-electron chi connectivity index (χ3n) is 11.8. The summed E-state index contributed by atoms with van der Waals surface area (Å²) in [5.41, 5.74) is 13.2. The third-order valence-corrected chi connectivity index (χ3v) is 13.9. The number of pyridine rings is 1. The molecule has 0 aliphatic rings. The van der Waals surface area contributed by atoms with E-state index in [1.54, 1.807) is 0 Å². The van der Waals surface area contributed by atoms with E-state index in [0.717, 1.165) is 84.2 Å². The Bertz CT molecular complexity index is 3270. The molecule has 0 atom stereocenters. The van der Waals surface area contributed by atoms with Crippen molar-refractivity contribution in [1.29, 1.82) is 0 Å². The molecular weight excluding hydrogens is 975 g/mol. The Labute approximate surface area is 392 Å². The number of rotatable bonds is 6. The number of hydrogen-bond acceptors (Lipinski definition) is 3. The van der Waals surface area contributed by atoms with Gasteiger partial charge in [-0.25, -0.2) is 0 Å². The molecule has 4 nitrogen and oxygen atoms in total. The second-order valence-corrected chi connectivity index (χ2v) is 25.0. The molecule has 0 aliphatic heterocycles. The first-order valence-corrected chi connectivity index (χ1v) is 25.5. The number of furan rings is 1. The van der Waals surface area contributed by atoms with Gasteiger partial charge < -0.3 is 14.0 Å². The van der Waals surface area contributed by atoms with Gasteiger partial charge in [0.05, 0.1) is 36.2 Å². The summed E-state index contributed by atoms with van der Waals surface area (Å²) >= 11 is 0. The fourth-order valence-electron chi connectivity index (χ4n) is 8.74. The molecule has 0 N–H and O–H groups in total. The number of imidazole rings is 1. The van der Waals surface area contributed by atoms with Crippen molar-refractivity contribution in [3.05, 3.63) is 181 Å². The van der Waals surface area contributed by atoms with Crippen LogP contribution >= 0.6 is 0 Å². The first-order chi connectivity index (χ1) is 30.1. The van der Waals surface area contributed by atoms with Crippen LogP contribution in [0.2, 0.25) is 19.6 Å². The molecule has 0 amide bonds. The summed E-state index contributed by atoms with van der Waals surface area (Å²) in [7, 11) is -1.42. The molecule has 0 spiro atoms. The topological polar surface area (TPSA) is 43.9 Å². The van der Waals surface area contributed by atoms with Crippen LogP contribution in [0.15, 0.2) is 162 Å². The summed E-state index contributed by atoms with van der Waals surface area (Å²) in [4.78, 5) is 10.0. The SMILES string of the molecule is CC(C)(C)Cc1cc(-c2[c-]ccc(C(C)(C)C)c2)ncc1[Si](C)(C)C.[Ir].[c-]1ccc2c(oc3ccccc32)c1-c1nc2ccccc2n1-c1c(-c2ccccc2)ccc2ccccc12. The van der Waals surface area contributed by atoms with Gasteiger partial charge in [-0.15, -0.1) is 53.6 Å². The Morgan fingerprint density at radius 3 is 2.11 bits per heavy atom. The Hall–Kier alpha value is -5.91. The number of benzene rings is 7. The molecule has 3 aromatic heterocycles. The minimum atomic E-state index is -1.42. The van der Waals surface area contributed by atoms with E-state index < -0.39 is 8.07 Å². The van der Waals surface area contributed by atoms with Gasteiger partial charge in [-0.05, 0) is 57.3 Å². The van der Waals surface area contributed by atoms with Gasteiger partial charge >= 0.3 is 0 Å². The van der Waals surface area contributed by atoms with Gasteiger partial charge in [0.2, 0.25) is 0 Å². The van der Waals surface area contributed by atoms with Gasteiger partial charge in [0, 0.05) is 42.6 Å². The number of aromatic nitrogens is 3. The van der Waals surface area contributed by atoms with Gasteiger partial charge in [0.25, 0.3) is 0 Å². The zero-order valence-corrected chi connectivity index (χ0v) is 41.7. The molecule has 0 bridgehead atoms. The molecule has 10 rings (SSSR count). The van der Waals surface area contributed by atoms with Crippen LogP contribution in [0.5, 0.6) is 0 Å². The average Bonchev–Trinajstić information content (AvgIpc) is 3.84. The van der Waals surface area contributed by atoms with Gasteiger partial charge in [0.1, 0.15) is 5.58 Å². The minimum absolute atomic E-state index is 0.